The number of carbonyl (C=O) groups is 1. The van der Waals surface area contributed by atoms with E-state index < -0.39 is 14.0 Å². The molecular weight excluding hydrogens is 520 g/mol. The van der Waals surface area contributed by atoms with Crippen LogP contribution in [0.4, 0.5) is 5.69 Å². The molecule has 0 saturated heterocycles. The lowest BCUT2D eigenvalue weighted by Crippen LogP contribution is -2.64. The molecule has 0 atom stereocenters. The Balaban J connectivity index is 1.84. The summed E-state index contributed by atoms with van der Waals surface area (Å²) in [6.45, 7) is 18.4. The predicted molar refractivity (Wildman–Crippen MR) is 175 cm³/mol. The minimum atomic E-state index is -2.23. The van der Waals surface area contributed by atoms with Gasteiger partial charge in [-0.2, -0.15) is 0 Å². The fourth-order valence-corrected chi connectivity index (χ4v) is 10.3. The summed E-state index contributed by atoms with van der Waals surface area (Å²) in [4.78, 5) is 15.0. The van der Waals surface area contributed by atoms with Crippen LogP contribution in [0.1, 0.15) is 74.2 Å². The molecule has 0 spiro atoms. The zero-order valence-corrected chi connectivity index (χ0v) is 27.0. The molecule has 3 aliphatic rings. The van der Waals surface area contributed by atoms with Gasteiger partial charge in [-0.1, -0.05) is 37.4 Å². The first-order valence-electron chi connectivity index (χ1n) is 14.5. The van der Waals surface area contributed by atoms with Crippen molar-refractivity contribution in [1.82, 2.24) is 4.58 Å². The largest absolute Gasteiger partial charge is 0.478 e. The molecule has 0 saturated carbocycles. The lowest BCUT2D eigenvalue weighted by atomic mass is 9.84. The van der Waals surface area contributed by atoms with Crippen LogP contribution in [0, 0.1) is 0 Å². The van der Waals surface area contributed by atoms with Gasteiger partial charge in [-0.25, -0.2) is 9.37 Å². The predicted octanol–water partition coefficient (Wildman–Crippen LogP) is 4.72. The number of fused-ring (bicyclic) bond motifs is 4. The molecular formula is C36H41N2O2Si+. The van der Waals surface area contributed by atoms with Crippen LogP contribution in [-0.4, -0.2) is 44.3 Å². The summed E-state index contributed by atoms with van der Waals surface area (Å²) in [5.74, 6) is -0.899. The van der Waals surface area contributed by atoms with Gasteiger partial charge in [0.15, 0.2) is 5.54 Å². The third-order valence-corrected chi connectivity index (χ3v) is 13.5. The van der Waals surface area contributed by atoms with Crippen LogP contribution >= 0.6 is 0 Å². The van der Waals surface area contributed by atoms with E-state index in [9.17, 15) is 9.90 Å². The van der Waals surface area contributed by atoms with E-state index >= 15 is 0 Å². The monoisotopic (exact) mass is 561 g/mol. The maximum Gasteiger partial charge on any atom is 0.336 e. The number of benzene rings is 3. The summed E-state index contributed by atoms with van der Waals surface area (Å²) in [5.41, 5.74) is 9.35. The first-order valence-corrected chi connectivity index (χ1v) is 17.5. The molecule has 0 radical (unpaired) electrons. The van der Waals surface area contributed by atoms with Gasteiger partial charge in [-0.05, 0) is 101 Å². The lowest BCUT2D eigenvalue weighted by molar-refractivity contribution is 0.0696. The first kappa shape index (κ1) is 27.5. The summed E-state index contributed by atoms with van der Waals surface area (Å²) in [6, 6.07) is 17.1. The SMILES string of the molecule is CC1=CC(C)(C)N(C)c2cc3c(cc21)C(c1ccccc1C(=O)O)=c1cc2c(cc1[Si]3(C)C)=[N+](C)C(C)(C)C=C2C. The van der Waals surface area contributed by atoms with Gasteiger partial charge < -0.3 is 10.0 Å². The Bertz CT molecular complexity index is 1890. The molecule has 1 N–H and O–H groups in total. The standard InChI is InChI=1S/C36H40N2O2Si/c1-21-19-35(3,4)37(7)29-17-31-27(15-25(21)29)33(23-13-11-12-14-24(23)34(39)40)28-16-26-22(2)20-36(5,6)38(8)30(26)18-32(28)41(31,9)10/h11-20H,1-10H3/p+1. The maximum atomic E-state index is 12.6. The van der Waals surface area contributed by atoms with Crippen molar-refractivity contribution in [3.8, 4) is 0 Å². The number of nitrogens with zero attached hydrogens (tertiary/aromatic N) is 2. The zero-order chi connectivity index (χ0) is 29.8. The average Bonchev–Trinajstić information content (AvgIpc) is 2.89. The molecule has 0 fully saturated rings. The molecule has 210 valence electrons. The Labute approximate surface area is 244 Å². The van der Waals surface area contributed by atoms with Crippen molar-refractivity contribution in [3.63, 3.8) is 0 Å². The number of likely N-dealkylation sites (N-methyl/N-ethyl adjacent to an activating group) is 2. The van der Waals surface area contributed by atoms with E-state index in [1.165, 1.54) is 54.5 Å². The van der Waals surface area contributed by atoms with E-state index in [2.05, 4.69) is 115 Å². The highest BCUT2D eigenvalue weighted by Gasteiger charge is 2.40. The van der Waals surface area contributed by atoms with Crippen LogP contribution in [0.5, 0.6) is 0 Å². The van der Waals surface area contributed by atoms with Crippen LogP contribution in [0.25, 0.3) is 16.7 Å². The van der Waals surface area contributed by atoms with Crippen LogP contribution in [0.2, 0.25) is 13.1 Å². The molecule has 0 aromatic heterocycles. The van der Waals surface area contributed by atoms with Crippen molar-refractivity contribution in [2.45, 2.75) is 65.7 Å². The quantitative estimate of drug-likeness (QED) is 0.364. The van der Waals surface area contributed by atoms with Gasteiger partial charge in [0.2, 0.25) is 5.36 Å². The molecule has 3 aromatic carbocycles. The number of anilines is 1. The fourth-order valence-electron chi connectivity index (χ4n) is 7.31. The summed E-state index contributed by atoms with van der Waals surface area (Å²) in [5, 5.41) is 15.5. The molecule has 3 aromatic rings. The molecule has 3 heterocycles. The third-order valence-electron chi connectivity index (χ3n) is 10.0. The minimum absolute atomic E-state index is 0.0940. The van der Waals surface area contributed by atoms with E-state index in [4.69, 9.17) is 0 Å². The van der Waals surface area contributed by atoms with Crippen molar-refractivity contribution in [2.24, 2.45) is 0 Å². The van der Waals surface area contributed by atoms with Gasteiger partial charge >= 0.3 is 5.97 Å². The number of allylic oxidation sites excluding steroid dienone is 2. The number of hydrogen-bond donors (Lipinski definition) is 1. The van der Waals surface area contributed by atoms with Crippen molar-refractivity contribution < 1.29 is 9.90 Å². The second-order valence-electron chi connectivity index (χ2n) is 13.8. The van der Waals surface area contributed by atoms with E-state index in [0.717, 1.165) is 11.1 Å². The highest BCUT2D eigenvalue weighted by molar-refractivity contribution is 7.01. The van der Waals surface area contributed by atoms with Gasteiger partial charge in [-0.3, -0.25) is 0 Å². The highest BCUT2D eigenvalue weighted by atomic mass is 28.3. The van der Waals surface area contributed by atoms with Gasteiger partial charge in [0, 0.05) is 43.8 Å². The molecule has 0 amide bonds. The number of rotatable bonds is 2. The van der Waals surface area contributed by atoms with E-state index in [1.807, 2.05) is 18.2 Å². The summed E-state index contributed by atoms with van der Waals surface area (Å²) in [7, 11) is 2.15. The van der Waals surface area contributed by atoms with Crippen LogP contribution < -0.4 is 30.4 Å². The lowest BCUT2D eigenvalue weighted by Gasteiger charge is -2.43. The maximum absolute atomic E-state index is 12.6. The topological polar surface area (TPSA) is 43.6 Å². The molecule has 0 bridgehead atoms. The highest BCUT2D eigenvalue weighted by Crippen LogP contribution is 2.40. The second-order valence-corrected chi connectivity index (χ2v) is 18.1. The van der Waals surface area contributed by atoms with Crippen molar-refractivity contribution in [1.29, 1.82) is 0 Å². The van der Waals surface area contributed by atoms with Crippen LogP contribution in [0.3, 0.4) is 0 Å². The Morgan fingerprint density at radius 2 is 1.51 bits per heavy atom. The Morgan fingerprint density at radius 3 is 2.20 bits per heavy atom. The fraction of sp³-hybridized carbons (Fsp3) is 0.333. The van der Waals surface area contributed by atoms with Gasteiger partial charge in [0.05, 0.1) is 11.1 Å². The molecule has 5 heteroatoms. The Hall–Kier alpha value is -3.70. The van der Waals surface area contributed by atoms with E-state index in [1.54, 1.807) is 6.07 Å². The van der Waals surface area contributed by atoms with Crippen LogP contribution in [-0.2, 0) is 0 Å². The van der Waals surface area contributed by atoms with Gasteiger partial charge in [0.1, 0.15) is 15.1 Å². The molecule has 0 unspecified atom stereocenters. The normalized spacial score (nSPS) is 19.4. The third kappa shape index (κ3) is 3.85. The Kier molecular flexibility index (Phi) is 5.80. The number of carboxylic acid groups (broad SMARTS) is 1. The summed E-state index contributed by atoms with van der Waals surface area (Å²) in [6.07, 6.45) is 4.68. The second kappa shape index (κ2) is 8.65. The molecule has 41 heavy (non-hydrogen) atoms. The molecule has 0 aliphatic carbocycles. The van der Waals surface area contributed by atoms with E-state index in [0.29, 0.717) is 5.56 Å². The van der Waals surface area contributed by atoms with Gasteiger partial charge in [-0.15, -0.1) is 0 Å². The minimum Gasteiger partial charge on any atom is -0.478 e. The molecule has 4 nitrogen and oxygen atoms in total. The first-order chi connectivity index (χ1) is 19.1. The Morgan fingerprint density at radius 1 is 0.854 bits per heavy atom. The van der Waals surface area contributed by atoms with Crippen molar-refractivity contribution in [3.05, 3.63) is 99.1 Å². The smallest absolute Gasteiger partial charge is 0.336 e. The zero-order valence-electron chi connectivity index (χ0n) is 26.0. The van der Waals surface area contributed by atoms with Gasteiger partial charge in [0.25, 0.3) is 0 Å². The molecule has 6 rings (SSSR count). The van der Waals surface area contributed by atoms with Crippen molar-refractivity contribution >= 4 is 46.8 Å². The number of aromatic carboxylic acids is 1. The summed E-state index contributed by atoms with van der Waals surface area (Å²) >= 11 is 0. The summed E-state index contributed by atoms with van der Waals surface area (Å²) < 4.78 is 2.39. The average molecular weight is 562 g/mol. The number of hydrogen-bond acceptors (Lipinski definition) is 2. The van der Waals surface area contributed by atoms with E-state index in [-0.39, 0.29) is 11.1 Å². The van der Waals surface area contributed by atoms with Crippen molar-refractivity contribution in [2.75, 3.05) is 19.0 Å². The number of carboxylic acids is 1. The van der Waals surface area contributed by atoms with Crippen LogP contribution in [0.15, 0.2) is 60.7 Å². The molecule has 3 aliphatic heterocycles.